The molecule has 0 bridgehead atoms. The van der Waals surface area contributed by atoms with Gasteiger partial charge in [-0.05, 0) is 44.9 Å². The van der Waals surface area contributed by atoms with Crippen LogP contribution in [0.5, 0.6) is 0 Å². The van der Waals surface area contributed by atoms with E-state index < -0.39 is 0 Å². The van der Waals surface area contributed by atoms with Gasteiger partial charge in [0.1, 0.15) is 0 Å². The fourth-order valence-electron chi connectivity index (χ4n) is 3.33. The second-order valence-corrected chi connectivity index (χ2v) is 6.25. The zero-order valence-electron chi connectivity index (χ0n) is 12.2. The Balaban J connectivity index is 2.21. The molecule has 1 saturated carbocycles. The Morgan fingerprint density at radius 3 is 2.60 bits per heavy atom. The topological polar surface area (TPSA) is 21.3 Å². The first kappa shape index (κ1) is 16.1. The highest BCUT2D eigenvalue weighted by Gasteiger charge is 2.41. The van der Waals surface area contributed by atoms with Crippen LogP contribution in [0.2, 0.25) is 10.0 Å². The van der Waals surface area contributed by atoms with Gasteiger partial charge in [0.25, 0.3) is 0 Å². The normalized spacial score (nSPS) is 19.2. The molecule has 4 heteroatoms. The summed E-state index contributed by atoms with van der Waals surface area (Å²) in [5, 5.41) is 4.73. The number of ether oxygens (including phenoxy) is 1. The summed E-state index contributed by atoms with van der Waals surface area (Å²) in [4.78, 5) is 0. The van der Waals surface area contributed by atoms with E-state index in [1.54, 1.807) is 0 Å². The average Bonchev–Trinajstić information content (AvgIpc) is 2.90. The highest BCUT2D eigenvalue weighted by atomic mass is 35.5. The summed E-state index contributed by atoms with van der Waals surface area (Å²) in [5.41, 5.74) is 1.03. The molecule has 2 nitrogen and oxygen atoms in total. The molecule has 1 aromatic carbocycles. The van der Waals surface area contributed by atoms with E-state index in [0.717, 1.165) is 31.4 Å². The van der Waals surface area contributed by atoms with Gasteiger partial charge in [0.15, 0.2) is 0 Å². The summed E-state index contributed by atoms with van der Waals surface area (Å²) < 4.78 is 6.15. The van der Waals surface area contributed by atoms with Gasteiger partial charge in [-0.1, -0.05) is 48.2 Å². The van der Waals surface area contributed by atoms with E-state index in [4.69, 9.17) is 27.9 Å². The zero-order valence-corrected chi connectivity index (χ0v) is 13.7. The van der Waals surface area contributed by atoms with E-state index in [-0.39, 0.29) is 11.6 Å². The summed E-state index contributed by atoms with van der Waals surface area (Å²) in [6.07, 6.45) is 5.55. The van der Waals surface area contributed by atoms with Gasteiger partial charge in [-0.2, -0.15) is 0 Å². The first-order valence-corrected chi connectivity index (χ1v) is 8.12. The molecule has 1 aliphatic rings. The van der Waals surface area contributed by atoms with Crippen molar-refractivity contribution in [2.24, 2.45) is 0 Å². The third-order valence-corrected chi connectivity index (χ3v) is 5.18. The molecule has 0 aliphatic heterocycles. The van der Waals surface area contributed by atoms with Crippen LogP contribution in [0.3, 0.4) is 0 Å². The second kappa shape index (κ2) is 7.13. The van der Waals surface area contributed by atoms with Gasteiger partial charge in [0.2, 0.25) is 0 Å². The molecule has 0 saturated heterocycles. The summed E-state index contributed by atoms with van der Waals surface area (Å²) in [7, 11) is 2.00. The smallest absolute Gasteiger partial charge is 0.0837 e. The van der Waals surface area contributed by atoms with Gasteiger partial charge in [0.05, 0.1) is 15.6 Å². The Labute approximate surface area is 131 Å². The third kappa shape index (κ3) is 3.30. The van der Waals surface area contributed by atoms with Crippen molar-refractivity contribution in [2.45, 2.75) is 50.7 Å². The number of nitrogens with one attached hydrogen (secondary N) is 1. The minimum Gasteiger partial charge on any atom is -0.374 e. The molecular weight excluding hydrogens is 293 g/mol. The monoisotopic (exact) mass is 315 g/mol. The molecule has 0 amide bonds. The van der Waals surface area contributed by atoms with Crippen molar-refractivity contribution in [3.63, 3.8) is 0 Å². The maximum absolute atomic E-state index is 6.32. The lowest BCUT2D eigenvalue weighted by Crippen LogP contribution is -2.51. The predicted molar refractivity (Wildman–Crippen MR) is 85.8 cm³/mol. The summed E-state index contributed by atoms with van der Waals surface area (Å²) in [6, 6.07) is 6.10. The fourth-order valence-corrected chi connectivity index (χ4v) is 3.73. The Hall–Kier alpha value is -0.280. The van der Waals surface area contributed by atoms with Crippen molar-refractivity contribution in [1.82, 2.24) is 5.32 Å². The summed E-state index contributed by atoms with van der Waals surface area (Å²) in [6.45, 7) is 2.82. The van der Waals surface area contributed by atoms with Gasteiger partial charge < -0.3 is 10.1 Å². The van der Waals surface area contributed by atoms with Crippen LogP contribution in [0.1, 0.15) is 38.2 Å². The SMILES string of the molecule is CCOC1(C(Cc2cccc(Cl)c2Cl)NC)CCCC1. The molecule has 20 heavy (non-hydrogen) atoms. The fraction of sp³-hybridized carbons (Fsp3) is 0.625. The molecule has 0 spiro atoms. The van der Waals surface area contributed by atoms with Crippen molar-refractivity contribution in [3.8, 4) is 0 Å². The zero-order chi connectivity index (χ0) is 14.6. The summed E-state index contributed by atoms with van der Waals surface area (Å²) in [5.74, 6) is 0. The van der Waals surface area contributed by atoms with Crippen LogP contribution in [0, 0.1) is 0 Å². The van der Waals surface area contributed by atoms with E-state index in [1.165, 1.54) is 12.8 Å². The van der Waals surface area contributed by atoms with Crippen molar-refractivity contribution in [1.29, 1.82) is 0 Å². The number of hydrogen-bond acceptors (Lipinski definition) is 2. The molecule has 1 aromatic rings. The van der Waals surface area contributed by atoms with E-state index in [2.05, 4.69) is 12.2 Å². The molecular formula is C16H23Cl2NO. The van der Waals surface area contributed by atoms with E-state index >= 15 is 0 Å². The Morgan fingerprint density at radius 1 is 1.30 bits per heavy atom. The van der Waals surface area contributed by atoms with Crippen LogP contribution >= 0.6 is 23.2 Å². The molecule has 1 aliphatic carbocycles. The van der Waals surface area contributed by atoms with Gasteiger partial charge in [-0.3, -0.25) is 0 Å². The van der Waals surface area contributed by atoms with E-state index in [9.17, 15) is 0 Å². The molecule has 0 radical (unpaired) electrons. The summed E-state index contributed by atoms with van der Waals surface area (Å²) >= 11 is 12.4. The molecule has 0 aromatic heterocycles. The average molecular weight is 316 g/mol. The molecule has 1 unspecified atom stereocenters. The molecule has 1 N–H and O–H groups in total. The highest BCUT2D eigenvalue weighted by Crippen LogP contribution is 2.38. The van der Waals surface area contributed by atoms with Crippen LogP contribution in [0.15, 0.2) is 18.2 Å². The maximum Gasteiger partial charge on any atom is 0.0837 e. The molecule has 112 valence electrons. The third-order valence-electron chi connectivity index (χ3n) is 4.32. The Kier molecular flexibility index (Phi) is 5.74. The van der Waals surface area contributed by atoms with Crippen molar-refractivity contribution < 1.29 is 4.74 Å². The predicted octanol–water partition coefficient (Wildman–Crippen LogP) is 4.47. The van der Waals surface area contributed by atoms with Crippen molar-refractivity contribution in [3.05, 3.63) is 33.8 Å². The van der Waals surface area contributed by atoms with Gasteiger partial charge in [0, 0.05) is 12.6 Å². The molecule has 0 heterocycles. The minimum absolute atomic E-state index is 0.0604. The molecule has 1 atom stereocenters. The Bertz CT molecular complexity index is 444. The van der Waals surface area contributed by atoms with Gasteiger partial charge in [-0.15, -0.1) is 0 Å². The van der Waals surface area contributed by atoms with Crippen LogP contribution in [0.25, 0.3) is 0 Å². The lowest BCUT2D eigenvalue weighted by Gasteiger charge is -2.37. The number of rotatable bonds is 6. The quantitative estimate of drug-likeness (QED) is 0.836. The van der Waals surface area contributed by atoms with Gasteiger partial charge in [-0.25, -0.2) is 0 Å². The number of hydrogen-bond donors (Lipinski definition) is 1. The maximum atomic E-state index is 6.32. The van der Waals surface area contributed by atoms with Gasteiger partial charge >= 0.3 is 0 Å². The first-order valence-electron chi connectivity index (χ1n) is 7.37. The highest BCUT2D eigenvalue weighted by molar-refractivity contribution is 6.42. The number of likely N-dealkylation sites (N-methyl/N-ethyl adjacent to an activating group) is 1. The number of halogens is 2. The Morgan fingerprint density at radius 2 is 2.00 bits per heavy atom. The van der Waals surface area contributed by atoms with E-state index in [1.807, 2.05) is 25.2 Å². The lowest BCUT2D eigenvalue weighted by atomic mass is 9.87. The second-order valence-electron chi connectivity index (χ2n) is 5.46. The first-order chi connectivity index (χ1) is 9.63. The minimum atomic E-state index is -0.0604. The van der Waals surface area contributed by atoms with Crippen molar-refractivity contribution >= 4 is 23.2 Å². The number of benzene rings is 1. The van der Waals surface area contributed by atoms with Crippen molar-refractivity contribution in [2.75, 3.05) is 13.7 Å². The lowest BCUT2D eigenvalue weighted by molar-refractivity contribution is -0.0597. The van der Waals surface area contributed by atoms with Crippen LogP contribution in [-0.4, -0.2) is 25.3 Å². The van der Waals surface area contributed by atoms with Crippen LogP contribution in [0.4, 0.5) is 0 Å². The van der Waals surface area contributed by atoms with Crippen LogP contribution < -0.4 is 5.32 Å². The molecule has 2 rings (SSSR count). The standard InChI is InChI=1S/C16H23Cl2NO/c1-3-20-16(9-4-5-10-16)14(19-2)11-12-7-6-8-13(17)15(12)18/h6-8,14,19H,3-5,9-11H2,1-2H3. The van der Waals surface area contributed by atoms with Crippen LogP contribution in [-0.2, 0) is 11.2 Å². The van der Waals surface area contributed by atoms with E-state index in [0.29, 0.717) is 10.0 Å². The largest absolute Gasteiger partial charge is 0.374 e. The molecule has 1 fully saturated rings.